The molecule has 1 heterocycles. The summed E-state index contributed by atoms with van der Waals surface area (Å²) in [6, 6.07) is 14.8. The summed E-state index contributed by atoms with van der Waals surface area (Å²) in [6.45, 7) is 2.07. The molecule has 1 spiro atoms. The minimum absolute atomic E-state index is 0.0312. The zero-order chi connectivity index (χ0) is 21.6. The smallest absolute Gasteiger partial charge is 0.255 e. The predicted octanol–water partition coefficient (Wildman–Crippen LogP) is 6.44. The Hall–Kier alpha value is -3.21. The molecule has 1 N–H and O–H groups in total. The van der Waals surface area contributed by atoms with E-state index in [9.17, 15) is 13.6 Å². The number of rotatable bonds is 3. The van der Waals surface area contributed by atoms with Gasteiger partial charge in [-0.1, -0.05) is 24.3 Å². The van der Waals surface area contributed by atoms with E-state index in [1.54, 1.807) is 12.1 Å². The lowest BCUT2D eigenvalue weighted by molar-refractivity contribution is -0.0249. The van der Waals surface area contributed by atoms with Gasteiger partial charge in [-0.15, -0.1) is 0 Å². The molecule has 1 amide bonds. The number of carbonyl (C=O) groups excluding carboxylic acids is 1. The van der Waals surface area contributed by atoms with Crippen LogP contribution >= 0.6 is 0 Å². The maximum atomic E-state index is 13.8. The number of para-hydroxylation sites is 1. The van der Waals surface area contributed by atoms with Crippen molar-refractivity contribution < 1.29 is 18.3 Å². The standard InChI is InChI=1S/C26H23F2NO2/c1-16-14-19-10-13-26(11-3-12-26)31-23(19)15-20(16)17-6-8-18(9-7-17)25(30)29-24-21(27)4-2-5-22(24)28/h2,4-9,14-15H,3,10-13H2,1H3,(H,29,30). The number of hydrogen-bond acceptors (Lipinski definition) is 2. The minimum atomic E-state index is -0.807. The molecule has 0 aromatic heterocycles. The Bertz CT molecular complexity index is 1150. The van der Waals surface area contributed by atoms with Crippen LogP contribution in [-0.2, 0) is 6.42 Å². The first-order valence-corrected chi connectivity index (χ1v) is 10.6. The van der Waals surface area contributed by atoms with Gasteiger partial charge in [-0.25, -0.2) is 8.78 Å². The number of nitrogens with one attached hydrogen (secondary N) is 1. The molecule has 0 radical (unpaired) electrons. The van der Waals surface area contributed by atoms with E-state index in [0.717, 1.165) is 60.3 Å². The molecule has 3 aromatic rings. The van der Waals surface area contributed by atoms with Crippen LogP contribution in [0.1, 0.15) is 47.2 Å². The second-order valence-corrected chi connectivity index (χ2v) is 8.54. The first-order valence-electron chi connectivity index (χ1n) is 10.6. The van der Waals surface area contributed by atoms with Crippen molar-refractivity contribution in [2.45, 2.75) is 44.6 Å². The van der Waals surface area contributed by atoms with Gasteiger partial charge in [0.15, 0.2) is 0 Å². The van der Waals surface area contributed by atoms with Crippen LogP contribution in [0.5, 0.6) is 5.75 Å². The fourth-order valence-electron chi connectivity index (χ4n) is 4.52. The quantitative estimate of drug-likeness (QED) is 0.530. The van der Waals surface area contributed by atoms with Crippen molar-refractivity contribution in [3.05, 3.63) is 82.9 Å². The first-order chi connectivity index (χ1) is 14.9. The first kappa shape index (κ1) is 19.7. The molecule has 1 saturated carbocycles. The third-order valence-electron chi connectivity index (χ3n) is 6.51. The van der Waals surface area contributed by atoms with Crippen molar-refractivity contribution in [2.24, 2.45) is 0 Å². The summed E-state index contributed by atoms with van der Waals surface area (Å²) >= 11 is 0. The largest absolute Gasteiger partial charge is 0.487 e. The third-order valence-corrected chi connectivity index (χ3v) is 6.51. The van der Waals surface area contributed by atoms with Gasteiger partial charge in [0.1, 0.15) is 28.7 Å². The molecule has 2 aliphatic rings. The maximum absolute atomic E-state index is 13.8. The molecule has 0 saturated heterocycles. The lowest BCUT2D eigenvalue weighted by Crippen LogP contribution is -2.45. The van der Waals surface area contributed by atoms with E-state index < -0.39 is 23.2 Å². The summed E-state index contributed by atoms with van der Waals surface area (Å²) in [4.78, 5) is 12.5. The van der Waals surface area contributed by atoms with Crippen LogP contribution in [0.2, 0.25) is 0 Å². The summed E-state index contributed by atoms with van der Waals surface area (Å²) in [5.41, 5.74) is 4.34. The molecule has 0 bridgehead atoms. The van der Waals surface area contributed by atoms with Gasteiger partial charge in [0.2, 0.25) is 0 Å². The van der Waals surface area contributed by atoms with Gasteiger partial charge in [-0.2, -0.15) is 0 Å². The number of fused-ring (bicyclic) bond motifs is 1. The summed E-state index contributed by atoms with van der Waals surface area (Å²) in [5.74, 6) is -1.21. The Morgan fingerprint density at radius 2 is 1.71 bits per heavy atom. The highest BCUT2D eigenvalue weighted by Gasteiger charge is 2.41. The van der Waals surface area contributed by atoms with Crippen LogP contribution < -0.4 is 10.1 Å². The van der Waals surface area contributed by atoms with Gasteiger partial charge in [-0.3, -0.25) is 4.79 Å². The zero-order valence-electron chi connectivity index (χ0n) is 17.3. The normalized spacial score (nSPS) is 16.2. The maximum Gasteiger partial charge on any atom is 0.255 e. The molecule has 0 atom stereocenters. The Labute approximate surface area is 180 Å². The number of carbonyl (C=O) groups is 1. The second kappa shape index (κ2) is 7.49. The van der Waals surface area contributed by atoms with Crippen molar-refractivity contribution in [3.8, 4) is 16.9 Å². The molecule has 31 heavy (non-hydrogen) atoms. The summed E-state index contributed by atoms with van der Waals surface area (Å²) in [7, 11) is 0. The topological polar surface area (TPSA) is 38.3 Å². The lowest BCUT2D eigenvalue weighted by atomic mass is 9.74. The molecule has 3 aromatic carbocycles. The van der Waals surface area contributed by atoms with Crippen LogP contribution in [0.15, 0.2) is 54.6 Å². The van der Waals surface area contributed by atoms with E-state index >= 15 is 0 Å². The SMILES string of the molecule is Cc1cc2c(cc1-c1ccc(C(=O)Nc3c(F)cccc3F)cc1)OC1(CCC1)CC2. The molecular formula is C26H23F2NO2. The van der Waals surface area contributed by atoms with E-state index in [-0.39, 0.29) is 5.60 Å². The van der Waals surface area contributed by atoms with Crippen LogP contribution in [0, 0.1) is 18.6 Å². The average molecular weight is 419 g/mol. The third kappa shape index (κ3) is 3.58. The van der Waals surface area contributed by atoms with Gasteiger partial charge in [0, 0.05) is 5.56 Å². The highest BCUT2D eigenvalue weighted by molar-refractivity contribution is 6.04. The van der Waals surface area contributed by atoms with E-state index in [1.165, 1.54) is 18.1 Å². The van der Waals surface area contributed by atoms with Crippen molar-refractivity contribution in [1.29, 1.82) is 0 Å². The minimum Gasteiger partial charge on any atom is -0.487 e. The average Bonchev–Trinajstić information content (AvgIpc) is 2.74. The van der Waals surface area contributed by atoms with Gasteiger partial charge in [-0.05, 0) is 91.6 Å². The number of anilines is 1. The molecule has 158 valence electrons. The number of hydrogen-bond donors (Lipinski definition) is 1. The Balaban J connectivity index is 1.39. The van der Waals surface area contributed by atoms with Gasteiger partial charge in [0.05, 0.1) is 0 Å². The number of ether oxygens (including phenoxy) is 1. The van der Waals surface area contributed by atoms with Gasteiger partial charge >= 0.3 is 0 Å². The molecule has 0 unspecified atom stereocenters. The van der Waals surface area contributed by atoms with Crippen LogP contribution in [-0.4, -0.2) is 11.5 Å². The van der Waals surface area contributed by atoms with E-state index in [4.69, 9.17) is 4.74 Å². The highest BCUT2D eigenvalue weighted by Crippen LogP contribution is 2.46. The van der Waals surface area contributed by atoms with Crippen LogP contribution in [0.4, 0.5) is 14.5 Å². The molecule has 3 nitrogen and oxygen atoms in total. The number of aryl methyl sites for hydroxylation is 2. The van der Waals surface area contributed by atoms with E-state index in [2.05, 4.69) is 24.4 Å². The van der Waals surface area contributed by atoms with Crippen LogP contribution in [0.3, 0.4) is 0 Å². The highest BCUT2D eigenvalue weighted by atomic mass is 19.1. The lowest BCUT2D eigenvalue weighted by Gasteiger charge is -2.45. The number of benzene rings is 3. The summed E-state index contributed by atoms with van der Waals surface area (Å²) < 4.78 is 34.0. The Morgan fingerprint density at radius 3 is 2.35 bits per heavy atom. The fourth-order valence-corrected chi connectivity index (χ4v) is 4.52. The molecule has 5 heteroatoms. The number of halogens is 2. The Morgan fingerprint density at radius 1 is 1.00 bits per heavy atom. The van der Waals surface area contributed by atoms with Crippen molar-refractivity contribution >= 4 is 11.6 Å². The second-order valence-electron chi connectivity index (χ2n) is 8.54. The molecule has 5 rings (SSSR count). The Kier molecular flexibility index (Phi) is 4.77. The fraction of sp³-hybridized carbons (Fsp3) is 0.269. The van der Waals surface area contributed by atoms with E-state index in [0.29, 0.717) is 5.56 Å². The van der Waals surface area contributed by atoms with E-state index in [1.807, 2.05) is 12.1 Å². The molecule has 1 aliphatic heterocycles. The van der Waals surface area contributed by atoms with Crippen molar-refractivity contribution in [1.82, 2.24) is 0 Å². The number of amides is 1. The molecular weight excluding hydrogens is 396 g/mol. The zero-order valence-corrected chi connectivity index (χ0v) is 17.3. The summed E-state index contributed by atoms with van der Waals surface area (Å²) in [6.07, 6.45) is 5.62. The van der Waals surface area contributed by atoms with Gasteiger partial charge in [0.25, 0.3) is 5.91 Å². The van der Waals surface area contributed by atoms with Crippen molar-refractivity contribution in [3.63, 3.8) is 0 Å². The van der Waals surface area contributed by atoms with Gasteiger partial charge < -0.3 is 10.1 Å². The van der Waals surface area contributed by atoms with Crippen LogP contribution in [0.25, 0.3) is 11.1 Å². The summed E-state index contributed by atoms with van der Waals surface area (Å²) in [5, 5.41) is 2.32. The predicted molar refractivity (Wildman–Crippen MR) is 116 cm³/mol. The molecule has 1 aliphatic carbocycles. The molecule has 1 fully saturated rings. The monoisotopic (exact) mass is 419 g/mol. The van der Waals surface area contributed by atoms with Crippen molar-refractivity contribution in [2.75, 3.05) is 5.32 Å².